The molecule has 21 heavy (non-hydrogen) atoms. The van der Waals surface area contributed by atoms with Gasteiger partial charge in [-0.05, 0) is 38.5 Å². The maximum atomic E-state index is 5.29. The molecule has 1 aromatic carbocycles. The van der Waals surface area contributed by atoms with Gasteiger partial charge in [-0.1, -0.05) is 6.07 Å². The number of halogens is 1. The molecule has 120 valence electrons. The van der Waals surface area contributed by atoms with E-state index >= 15 is 0 Å². The van der Waals surface area contributed by atoms with Crippen LogP contribution < -0.4 is 20.1 Å². The number of nitrogens with one attached hydrogen (secondary N) is 2. The third kappa shape index (κ3) is 6.88. The largest absolute Gasteiger partial charge is 0.493 e. The molecule has 0 aliphatic carbocycles. The molecule has 1 rings (SSSR count). The highest BCUT2D eigenvalue weighted by atomic mass is 127. The zero-order valence-electron chi connectivity index (χ0n) is 13.6. The second-order valence-electron chi connectivity index (χ2n) is 5.49. The Morgan fingerprint density at radius 3 is 2.24 bits per heavy atom. The lowest BCUT2D eigenvalue weighted by atomic mass is 10.1. The molecule has 0 aliphatic rings. The number of hydrogen-bond donors (Lipinski definition) is 2. The SMILES string of the molecule is CN=C(NCc1ccc(OC)c(OC)c1)NC(C)(C)C.I. The maximum Gasteiger partial charge on any atom is 0.191 e. The number of ether oxygens (including phenoxy) is 2. The highest BCUT2D eigenvalue weighted by Crippen LogP contribution is 2.27. The Balaban J connectivity index is 0.00000400. The quantitative estimate of drug-likeness (QED) is 0.458. The Bertz CT molecular complexity index is 470. The molecule has 0 unspecified atom stereocenters. The zero-order chi connectivity index (χ0) is 15.2. The Morgan fingerprint density at radius 1 is 1.14 bits per heavy atom. The van der Waals surface area contributed by atoms with Crippen LogP contribution >= 0.6 is 24.0 Å². The fourth-order valence-electron chi connectivity index (χ4n) is 1.71. The van der Waals surface area contributed by atoms with E-state index in [1.807, 2.05) is 18.2 Å². The van der Waals surface area contributed by atoms with Gasteiger partial charge in [-0.3, -0.25) is 4.99 Å². The van der Waals surface area contributed by atoms with Crippen LogP contribution in [0.1, 0.15) is 26.3 Å². The Morgan fingerprint density at radius 2 is 1.76 bits per heavy atom. The number of rotatable bonds is 4. The average molecular weight is 407 g/mol. The van der Waals surface area contributed by atoms with Crippen LogP contribution in [0.3, 0.4) is 0 Å². The topological polar surface area (TPSA) is 54.9 Å². The van der Waals surface area contributed by atoms with Crippen molar-refractivity contribution in [2.75, 3.05) is 21.3 Å². The van der Waals surface area contributed by atoms with Crippen LogP contribution in [0.4, 0.5) is 0 Å². The van der Waals surface area contributed by atoms with E-state index in [9.17, 15) is 0 Å². The van der Waals surface area contributed by atoms with Gasteiger partial charge in [0.15, 0.2) is 17.5 Å². The van der Waals surface area contributed by atoms with Crippen LogP contribution in [0.15, 0.2) is 23.2 Å². The van der Waals surface area contributed by atoms with Crippen LogP contribution in [-0.2, 0) is 6.54 Å². The van der Waals surface area contributed by atoms with Crippen LogP contribution in [-0.4, -0.2) is 32.8 Å². The summed E-state index contributed by atoms with van der Waals surface area (Å²) < 4.78 is 10.5. The lowest BCUT2D eigenvalue weighted by Gasteiger charge is -2.23. The third-order valence-corrected chi connectivity index (χ3v) is 2.62. The van der Waals surface area contributed by atoms with Crippen molar-refractivity contribution in [3.8, 4) is 11.5 Å². The van der Waals surface area contributed by atoms with Crippen molar-refractivity contribution in [3.05, 3.63) is 23.8 Å². The molecular formula is C15H26IN3O2. The summed E-state index contributed by atoms with van der Waals surface area (Å²) in [4.78, 5) is 4.20. The number of guanidine groups is 1. The van der Waals surface area contributed by atoms with E-state index < -0.39 is 0 Å². The van der Waals surface area contributed by atoms with Crippen LogP contribution in [0, 0.1) is 0 Å². The van der Waals surface area contributed by atoms with Crippen molar-refractivity contribution in [2.24, 2.45) is 4.99 Å². The molecule has 0 aromatic heterocycles. The fourth-order valence-corrected chi connectivity index (χ4v) is 1.71. The van der Waals surface area contributed by atoms with E-state index in [1.165, 1.54) is 0 Å². The standard InChI is InChI=1S/C15H25N3O2.HI/c1-15(2,3)18-14(16-4)17-10-11-7-8-12(19-5)13(9-11)20-6;/h7-9H,10H2,1-6H3,(H2,16,17,18);1H. The Labute approximate surface area is 144 Å². The van der Waals surface area contributed by atoms with Crippen molar-refractivity contribution in [3.63, 3.8) is 0 Å². The van der Waals surface area contributed by atoms with Gasteiger partial charge in [0.2, 0.25) is 0 Å². The van der Waals surface area contributed by atoms with Crippen LogP contribution in [0.5, 0.6) is 11.5 Å². The van der Waals surface area contributed by atoms with Crippen molar-refractivity contribution in [1.82, 2.24) is 10.6 Å². The van der Waals surface area contributed by atoms with Gasteiger partial charge >= 0.3 is 0 Å². The van der Waals surface area contributed by atoms with Gasteiger partial charge < -0.3 is 20.1 Å². The number of aliphatic imine (C=N–C) groups is 1. The molecular weight excluding hydrogens is 381 g/mol. The monoisotopic (exact) mass is 407 g/mol. The van der Waals surface area contributed by atoms with E-state index in [1.54, 1.807) is 21.3 Å². The first-order valence-corrected chi connectivity index (χ1v) is 6.59. The van der Waals surface area contributed by atoms with Crippen molar-refractivity contribution < 1.29 is 9.47 Å². The summed E-state index contributed by atoms with van der Waals surface area (Å²) in [5, 5.41) is 6.58. The Hall–Kier alpha value is -1.18. The predicted octanol–water partition coefficient (Wildman–Crippen LogP) is 2.79. The first-order chi connectivity index (χ1) is 9.39. The normalized spacial score (nSPS) is 11.4. The minimum absolute atomic E-state index is 0. The van der Waals surface area contributed by atoms with Gasteiger partial charge in [0.1, 0.15) is 0 Å². The second-order valence-corrected chi connectivity index (χ2v) is 5.49. The molecule has 5 nitrogen and oxygen atoms in total. The molecule has 0 bridgehead atoms. The van der Waals surface area contributed by atoms with Gasteiger partial charge in [0, 0.05) is 19.1 Å². The maximum absolute atomic E-state index is 5.29. The molecule has 6 heteroatoms. The van der Waals surface area contributed by atoms with Gasteiger partial charge in [-0.15, -0.1) is 24.0 Å². The van der Waals surface area contributed by atoms with E-state index in [0.717, 1.165) is 23.0 Å². The summed E-state index contributed by atoms with van der Waals surface area (Å²) in [6.07, 6.45) is 0. The van der Waals surface area contributed by atoms with E-state index in [-0.39, 0.29) is 29.5 Å². The van der Waals surface area contributed by atoms with Crippen molar-refractivity contribution >= 4 is 29.9 Å². The highest BCUT2D eigenvalue weighted by molar-refractivity contribution is 14.0. The zero-order valence-corrected chi connectivity index (χ0v) is 15.9. The summed E-state index contributed by atoms with van der Waals surface area (Å²) in [7, 11) is 5.02. The first kappa shape index (κ1) is 19.8. The molecule has 2 N–H and O–H groups in total. The summed E-state index contributed by atoms with van der Waals surface area (Å²) in [6.45, 7) is 6.94. The van der Waals surface area contributed by atoms with E-state index in [4.69, 9.17) is 9.47 Å². The Kier molecular flexibility index (Phi) is 8.46. The molecule has 0 spiro atoms. The summed E-state index contributed by atoms with van der Waals surface area (Å²) in [5.41, 5.74) is 1.07. The number of benzene rings is 1. The summed E-state index contributed by atoms with van der Waals surface area (Å²) >= 11 is 0. The predicted molar refractivity (Wildman–Crippen MR) is 98.0 cm³/mol. The summed E-state index contributed by atoms with van der Waals surface area (Å²) in [5.74, 6) is 2.23. The van der Waals surface area contributed by atoms with Gasteiger partial charge in [0.05, 0.1) is 14.2 Å². The minimum atomic E-state index is -0.0283. The molecule has 0 aliphatic heterocycles. The molecule has 0 saturated carbocycles. The highest BCUT2D eigenvalue weighted by Gasteiger charge is 2.12. The third-order valence-electron chi connectivity index (χ3n) is 2.62. The lowest BCUT2D eigenvalue weighted by Crippen LogP contribution is -2.47. The molecule has 0 amide bonds. The van der Waals surface area contributed by atoms with E-state index in [2.05, 4.69) is 36.4 Å². The smallest absolute Gasteiger partial charge is 0.191 e. The second kappa shape index (κ2) is 8.96. The van der Waals surface area contributed by atoms with Gasteiger partial charge in [-0.2, -0.15) is 0 Å². The first-order valence-electron chi connectivity index (χ1n) is 6.59. The van der Waals surface area contributed by atoms with Gasteiger partial charge in [0.25, 0.3) is 0 Å². The molecule has 0 radical (unpaired) electrons. The van der Waals surface area contributed by atoms with Crippen molar-refractivity contribution in [2.45, 2.75) is 32.9 Å². The van der Waals surface area contributed by atoms with Crippen molar-refractivity contribution in [1.29, 1.82) is 0 Å². The molecule has 0 fully saturated rings. The molecule has 1 aromatic rings. The molecule has 0 heterocycles. The fraction of sp³-hybridized carbons (Fsp3) is 0.533. The van der Waals surface area contributed by atoms with E-state index in [0.29, 0.717) is 6.54 Å². The van der Waals surface area contributed by atoms with Gasteiger partial charge in [-0.25, -0.2) is 0 Å². The number of nitrogens with zero attached hydrogens (tertiary/aromatic N) is 1. The number of methoxy groups -OCH3 is 2. The van der Waals surface area contributed by atoms with Crippen LogP contribution in [0.2, 0.25) is 0 Å². The molecule has 0 atom stereocenters. The molecule has 0 saturated heterocycles. The lowest BCUT2D eigenvalue weighted by molar-refractivity contribution is 0.354. The number of hydrogen-bond acceptors (Lipinski definition) is 3. The average Bonchev–Trinajstić information content (AvgIpc) is 2.41. The minimum Gasteiger partial charge on any atom is -0.493 e. The van der Waals surface area contributed by atoms with Crippen LogP contribution in [0.25, 0.3) is 0 Å². The summed E-state index contributed by atoms with van der Waals surface area (Å²) in [6, 6.07) is 5.85.